The molecule has 334 valence electrons. The highest BCUT2D eigenvalue weighted by molar-refractivity contribution is 7.00. The number of fused-ring (bicyclic) bond motifs is 10. The smallest absolute Gasteiger partial charge is 0.252 e. The average molecular weight is 866 g/mol. The molecule has 0 N–H and O–H groups in total. The van der Waals surface area contributed by atoms with Gasteiger partial charge < -0.3 is 9.32 Å². The predicted molar refractivity (Wildman–Crippen MR) is 281 cm³/mol. The van der Waals surface area contributed by atoms with Crippen LogP contribution in [0, 0.1) is 0 Å². The van der Waals surface area contributed by atoms with Gasteiger partial charge >= 0.3 is 0 Å². The molecule has 0 amide bonds. The van der Waals surface area contributed by atoms with Gasteiger partial charge in [-0.05, 0) is 150 Å². The molecule has 0 spiro atoms. The summed E-state index contributed by atoms with van der Waals surface area (Å²) in [5, 5.41) is 1.30. The third-order valence-corrected chi connectivity index (χ3v) is 18.1. The molecule has 6 aromatic carbocycles. The molecule has 0 radical (unpaired) electrons. The molecule has 66 heavy (non-hydrogen) atoms. The standard InChI is InChI=1S/C63H68BNO/c1-58(2,3)41-25-26-43(44(33-41)39-23-17-14-18-24-39)53-46-31-40(38-21-15-13-16-22-38)32-51-54(46)64(55-45-36-47-48(37-52(45)66-57(53)55)61(9,10)30-29-60(47,7)8)50-35-42(59(4,5)6)34-49-56(50)65(51)63(12)28-20-19-27-62(49,63)11/h13-18,21-26,31-37,53H,19-20,27-30H2,1-12H3. The average Bonchev–Trinajstić information content (AvgIpc) is 3.75. The van der Waals surface area contributed by atoms with Crippen LogP contribution in [0.1, 0.15) is 172 Å². The first kappa shape index (κ1) is 42.1. The van der Waals surface area contributed by atoms with E-state index < -0.39 is 0 Å². The molecule has 4 heterocycles. The van der Waals surface area contributed by atoms with E-state index in [9.17, 15) is 0 Å². The summed E-state index contributed by atoms with van der Waals surface area (Å²) in [5.74, 6) is 0.983. The monoisotopic (exact) mass is 866 g/mol. The van der Waals surface area contributed by atoms with Crippen molar-refractivity contribution in [3.63, 3.8) is 0 Å². The van der Waals surface area contributed by atoms with Crippen molar-refractivity contribution in [1.82, 2.24) is 0 Å². The molecule has 3 atom stereocenters. The van der Waals surface area contributed by atoms with E-state index in [1.54, 1.807) is 5.56 Å². The molecule has 0 saturated heterocycles. The number of rotatable bonds is 3. The highest BCUT2D eigenvalue weighted by Crippen LogP contribution is 2.62. The van der Waals surface area contributed by atoms with Crippen LogP contribution in [-0.2, 0) is 27.1 Å². The topological polar surface area (TPSA) is 16.4 Å². The summed E-state index contributed by atoms with van der Waals surface area (Å²) in [6.45, 7) is 29.4. The van der Waals surface area contributed by atoms with Crippen molar-refractivity contribution in [1.29, 1.82) is 0 Å². The summed E-state index contributed by atoms with van der Waals surface area (Å²) in [7, 11) is 0. The molecule has 5 aliphatic rings. The first-order valence-electron chi connectivity index (χ1n) is 25.2. The Balaban J connectivity index is 1.27. The highest BCUT2D eigenvalue weighted by atomic mass is 16.3. The van der Waals surface area contributed by atoms with Crippen molar-refractivity contribution in [3.05, 3.63) is 160 Å². The Hall–Kier alpha value is -5.28. The van der Waals surface area contributed by atoms with Crippen LogP contribution in [0.4, 0.5) is 11.4 Å². The van der Waals surface area contributed by atoms with E-state index in [0.717, 1.165) is 11.3 Å². The second kappa shape index (κ2) is 13.7. The largest absolute Gasteiger partial charge is 0.461 e. The number of hydrogen-bond donors (Lipinski definition) is 0. The van der Waals surface area contributed by atoms with Gasteiger partial charge in [0, 0.05) is 22.2 Å². The first-order valence-corrected chi connectivity index (χ1v) is 25.2. The lowest BCUT2D eigenvalue weighted by Gasteiger charge is -2.52. The maximum Gasteiger partial charge on any atom is 0.252 e. The predicted octanol–water partition coefficient (Wildman–Crippen LogP) is 14.8. The maximum absolute atomic E-state index is 7.78. The second-order valence-corrected chi connectivity index (χ2v) is 25.1. The molecule has 3 heteroatoms. The minimum atomic E-state index is -0.136. The van der Waals surface area contributed by atoms with E-state index in [4.69, 9.17) is 4.42 Å². The third-order valence-electron chi connectivity index (χ3n) is 18.1. The molecule has 0 bridgehead atoms. The lowest BCUT2D eigenvalue weighted by Crippen LogP contribution is -2.64. The number of nitrogens with zero attached hydrogens (tertiary/aromatic N) is 1. The number of hydrogen-bond acceptors (Lipinski definition) is 2. The number of anilines is 2. The van der Waals surface area contributed by atoms with Crippen molar-refractivity contribution in [3.8, 4) is 22.3 Å². The van der Waals surface area contributed by atoms with Gasteiger partial charge in [0.05, 0.1) is 11.5 Å². The summed E-state index contributed by atoms with van der Waals surface area (Å²) in [4.78, 5) is 2.92. The van der Waals surface area contributed by atoms with E-state index in [1.165, 1.54) is 127 Å². The fourth-order valence-electron chi connectivity index (χ4n) is 13.8. The first-order chi connectivity index (χ1) is 31.2. The Morgan fingerprint density at radius 1 is 0.561 bits per heavy atom. The Morgan fingerprint density at radius 3 is 1.86 bits per heavy atom. The van der Waals surface area contributed by atoms with Crippen molar-refractivity contribution < 1.29 is 4.42 Å². The number of furan rings is 1. The fourth-order valence-corrected chi connectivity index (χ4v) is 13.8. The van der Waals surface area contributed by atoms with Crippen LogP contribution in [0.3, 0.4) is 0 Å². The molecular weight excluding hydrogens is 798 g/mol. The highest BCUT2D eigenvalue weighted by Gasteiger charge is 2.62. The van der Waals surface area contributed by atoms with Gasteiger partial charge in [0.2, 0.25) is 0 Å². The Morgan fingerprint density at radius 2 is 1.20 bits per heavy atom. The van der Waals surface area contributed by atoms with Crippen LogP contribution in [-0.4, -0.2) is 12.3 Å². The van der Waals surface area contributed by atoms with Crippen molar-refractivity contribution in [2.75, 3.05) is 4.90 Å². The zero-order valence-electron chi connectivity index (χ0n) is 41.7. The van der Waals surface area contributed by atoms with Crippen molar-refractivity contribution in [2.45, 2.75) is 160 Å². The van der Waals surface area contributed by atoms with Gasteiger partial charge in [-0.25, -0.2) is 0 Å². The normalized spacial score (nSPS) is 23.2. The second-order valence-electron chi connectivity index (χ2n) is 25.1. The fraction of sp³-hybridized carbons (Fsp3) is 0.397. The molecule has 1 fully saturated rings. The SMILES string of the molecule is CC(C)(C)c1ccc(C2c3cc(-c4ccccc4)cc4c3B(c3cc(C(C)(C)C)cc5c3N4C3(C)CCCCC53C)c3c2oc2cc4c(cc32)C(C)(C)CCC4(C)C)c(-c2ccccc2)c1. The van der Waals surface area contributed by atoms with E-state index in [0.29, 0.717) is 0 Å². The minimum Gasteiger partial charge on any atom is -0.461 e. The van der Waals surface area contributed by atoms with E-state index in [2.05, 4.69) is 203 Å². The zero-order chi connectivity index (χ0) is 46.1. The zero-order valence-corrected chi connectivity index (χ0v) is 41.7. The quantitative estimate of drug-likeness (QED) is 0.165. The van der Waals surface area contributed by atoms with Gasteiger partial charge in [0.25, 0.3) is 6.71 Å². The minimum absolute atomic E-state index is 0.00162. The third kappa shape index (κ3) is 5.73. The van der Waals surface area contributed by atoms with Crippen LogP contribution >= 0.6 is 0 Å². The van der Waals surface area contributed by atoms with Gasteiger partial charge in [0.15, 0.2) is 0 Å². The molecule has 1 saturated carbocycles. The molecule has 2 aliphatic carbocycles. The molecule has 2 nitrogen and oxygen atoms in total. The van der Waals surface area contributed by atoms with E-state index in [-0.39, 0.29) is 45.2 Å². The summed E-state index contributed by atoms with van der Waals surface area (Å²) in [6.07, 6.45) is 7.23. The Labute approximate surface area is 395 Å². The lowest BCUT2D eigenvalue weighted by molar-refractivity contribution is 0.195. The van der Waals surface area contributed by atoms with E-state index >= 15 is 0 Å². The van der Waals surface area contributed by atoms with Crippen molar-refractivity contribution >= 4 is 45.4 Å². The summed E-state index contributed by atoms with van der Waals surface area (Å²) < 4.78 is 7.78. The van der Waals surface area contributed by atoms with Crippen LogP contribution in [0.2, 0.25) is 0 Å². The van der Waals surface area contributed by atoms with Crippen LogP contribution in [0.5, 0.6) is 0 Å². The summed E-state index contributed by atoms with van der Waals surface area (Å²) in [6, 6.07) is 45.4. The molecule has 1 aromatic heterocycles. The van der Waals surface area contributed by atoms with Crippen molar-refractivity contribution in [2.24, 2.45) is 0 Å². The van der Waals surface area contributed by atoms with Crippen LogP contribution in [0.25, 0.3) is 33.2 Å². The van der Waals surface area contributed by atoms with Gasteiger partial charge in [-0.2, -0.15) is 0 Å². The van der Waals surface area contributed by atoms with Gasteiger partial charge in [0.1, 0.15) is 11.3 Å². The van der Waals surface area contributed by atoms with Gasteiger partial charge in [-0.15, -0.1) is 0 Å². The molecular formula is C63H68BNO. The Bertz CT molecular complexity index is 3150. The Kier molecular flexibility index (Phi) is 8.72. The maximum atomic E-state index is 7.78. The van der Waals surface area contributed by atoms with Crippen LogP contribution in [0.15, 0.2) is 120 Å². The number of benzene rings is 6. The molecule has 3 aliphatic heterocycles. The van der Waals surface area contributed by atoms with E-state index in [1.807, 2.05) is 0 Å². The van der Waals surface area contributed by atoms with Gasteiger partial charge in [-0.3, -0.25) is 0 Å². The summed E-state index contributed by atoms with van der Waals surface area (Å²) in [5.41, 5.74) is 23.3. The lowest BCUT2D eigenvalue weighted by atomic mass is 9.31. The van der Waals surface area contributed by atoms with Crippen LogP contribution < -0.4 is 21.3 Å². The molecule has 7 aromatic rings. The molecule has 12 rings (SSSR count). The summed E-state index contributed by atoms with van der Waals surface area (Å²) >= 11 is 0. The molecule has 3 unspecified atom stereocenters. The van der Waals surface area contributed by atoms with Gasteiger partial charge in [-0.1, -0.05) is 186 Å².